The third-order valence-corrected chi connectivity index (χ3v) is 14.2. The molecule has 3 aliphatic heterocycles. The monoisotopic (exact) mass is 806 g/mol. The molecule has 3 aliphatic carbocycles. The molecule has 6 rings (SSSR count). The van der Waals surface area contributed by atoms with Gasteiger partial charge in [-0.2, -0.15) is 0 Å². The first-order valence-corrected chi connectivity index (χ1v) is 20.4. The zero-order chi connectivity index (χ0) is 41.5. The molecule has 2 saturated heterocycles. The van der Waals surface area contributed by atoms with Crippen molar-refractivity contribution < 1.29 is 58.9 Å². The summed E-state index contributed by atoms with van der Waals surface area (Å²) in [4.78, 5) is 59.5. The van der Waals surface area contributed by atoms with Gasteiger partial charge in [-0.05, 0) is 55.9 Å². The Morgan fingerprint density at radius 1 is 1.05 bits per heavy atom. The maximum Gasteiger partial charge on any atom is 0.253 e. The second kappa shape index (κ2) is 17.7. The summed E-state index contributed by atoms with van der Waals surface area (Å²) in [6, 6.07) is 0. The summed E-state index contributed by atoms with van der Waals surface area (Å²) in [7, 11) is 3.04. The fraction of sp³-hybridized carbons (Fsp3) is 0.821. The number of imide groups is 1. The van der Waals surface area contributed by atoms with E-state index in [4.69, 9.17) is 25.7 Å². The number of amides is 2. The number of aliphatic hydroxyl groups is 5. The lowest BCUT2D eigenvalue weighted by Gasteiger charge is -2.55. The number of methoxy groups -OCH3 is 1. The fourth-order valence-corrected chi connectivity index (χ4v) is 11.1. The van der Waals surface area contributed by atoms with Crippen molar-refractivity contribution >= 4 is 29.3 Å². The molecule has 0 aromatic rings. The number of guanidine groups is 1. The molecule has 3 heterocycles. The van der Waals surface area contributed by atoms with Crippen LogP contribution in [0.1, 0.15) is 52.4 Å². The number of ketones is 2. The Kier molecular flexibility index (Phi) is 13.6. The van der Waals surface area contributed by atoms with E-state index in [-0.39, 0.29) is 61.2 Å². The Bertz CT molecular complexity index is 1540. The molecule has 11 N–H and O–H groups in total. The van der Waals surface area contributed by atoms with Gasteiger partial charge in [0.05, 0.1) is 42.9 Å². The lowest BCUT2D eigenvalue weighted by Crippen LogP contribution is -2.69. The van der Waals surface area contributed by atoms with E-state index < -0.39 is 109 Å². The maximum atomic E-state index is 14.8. The van der Waals surface area contributed by atoms with Gasteiger partial charge in [-0.25, -0.2) is 0 Å². The lowest BCUT2D eigenvalue weighted by molar-refractivity contribution is -0.349. The van der Waals surface area contributed by atoms with Crippen molar-refractivity contribution in [2.24, 2.45) is 69.7 Å². The summed E-state index contributed by atoms with van der Waals surface area (Å²) in [5.41, 5.74) is 9.79. The van der Waals surface area contributed by atoms with E-state index in [0.717, 1.165) is 17.1 Å². The minimum atomic E-state index is -2.29. The van der Waals surface area contributed by atoms with Crippen LogP contribution in [0.25, 0.3) is 0 Å². The molecule has 5 fully saturated rings. The fourth-order valence-electron chi connectivity index (χ4n) is 11.1. The first-order valence-electron chi connectivity index (χ1n) is 20.4. The minimum absolute atomic E-state index is 0.104. The number of carbonyl (C=O) groups excluding carboxylic acids is 4. The number of fused-ring (bicyclic) bond motifs is 2. The van der Waals surface area contributed by atoms with Gasteiger partial charge in [0.1, 0.15) is 35.5 Å². The van der Waals surface area contributed by atoms with Gasteiger partial charge in [-0.3, -0.25) is 29.1 Å². The average Bonchev–Trinajstić information content (AvgIpc) is 3.51. The number of nitrogens with two attached hydrogens (primary N) is 2. The molecule has 2 amide bonds. The zero-order valence-corrected chi connectivity index (χ0v) is 33.2. The van der Waals surface area contributed by atoms with E-state index in [1.54, 1.807) is 0 Å². The molecule has 18 unspecified atom stereocenters. The summed E-state index contributed by atoms with van der Waals surface area (Å²) in [6.45, 7) is 3.72. The highest BCUT2D eigenvalue weighted by atomic mass is 16.7. The van der Waals surface area contributed by atoms with E-state index in [9.17, 15) is 44.7 Å². The lowest BCUT2D eigenvalue weighted by atomic mass is 9.51. The van der Waals surface area contributed by atoms with Crippen LogP contribution in [-0.2, 0) is 33.4 Å². The Morgan fingerprint density at radius 2 is 1.75 bits per heavy atom. The number of rotatable bonds is 12. The normalized spacial score (nSPS) is 44.5. The van der Waals surface area contributed by atoms with Gasteiger partial charge >= 0.3 is 0 Å². The van der Waals surface area contributed by atoms with E-state index in [1.165, 1.54) is 14.2 Å². The van der Waals surface area contributed by atoms with Crippen LogP contribution in [-0.4, -0.2) is 155 Å². The molecule has 18 nitrogen and oxygen atoms in total. The van der Waals surface area contributed by atoms with Crippen LogP contribution in [0.15, 0.2) is 17.1 Å². The largest absolute Gasteiger partial charge is 0.394 e. The van der Waals surface area contributed by atoms with Gasteiger partial charge < -0.3 is 61.8 Å². The predicted molar refractivity (Wildman–Crippen MR) is 202 cm³/mol. The average molecular weight is 807 g/mol. The SMILES string of the molecule is CCC1C(OC)CC(OC2OC(CO)C(O)(CC(CN3C(=O)C=CC3=O)C3CCNC(N)C3)C(O)C2O)C2C(=O)C3C(CC(C)C(CNC(N)=NC)C3O)C(=O)C12. The number of carbonyl (C=O) groups is 4. The quantitative estimate of drug-likeness (QED) is 0.0554. The van der Waals surface area contributed by atoms with Crippen molar-refractivity contribution in [1.82, 2.24) is 15.5 Å². The second-order valence-corrected chi connectivity index (χ2v) is 17.1. The van der Waals surface area contributed by atoms with Crippen LogP contribution in [0.4, 0.5) is 0 Å². The highest BCUT2D eigenvalue weighted by Crippen LogP contribution is 2.53. The Hall–Kier alpha value is -2.91. The number of piperidine rings is 1. The van der Waals surface area contributed by atoms with Crippen molar-refractivity contribution in [1.29, 1.82) is 0 Å². The summed E-state index contributed by atoms with van der Waals surface area (Å²) in [5, 5.41) is 64.1. The maximum absolute atomic E-state index is 14.8. The molecule has 0 aromatic carbocycles. The van der Waals surface area contributed by atoms with Crippen LogP contribution < -0.4 is 22.1 Å². The van der Waals surface area contributed by atoms with Crippen molar-refractivity contribution in [3.63, 3.8) is 0 Å². The van der Waals surface area contributed by atoms with Crippen molar-refractivity contribution in [2.45, 2.75) is 107 Å². The first-order chi connectivity index (χ1) is 27.1. The number of aliphatic imine (C=N–C) groups is 1. The van der Waals surface area contributed by atoms with E-state index in [1.807, 2.05) is 13.8 Å². The number of aliphatic hydroxyl groups excluding tert-OH is 4. The van der Waals surface area contributed by atoms with Gasteiger partial charge in [-0.1, -0.05) is 20.3 Å². The number of hydrogen-bond donors (Lipinski definition) is 9. The number of Topliss-reactive ketones (excluding diaryl/α,β-unsaturated/α-hetero) is 2. The first kappa shape index (κ1) is 43.7. The van der Waals surface area contributed by atoms with Crippen LogP contribution in [0.2, 0.25) is 0 Å². The summed E-state index contributed by atoms with van der Waals surface area (Å²) >= 11 is 0. The van der Waals surface area contributed by atoms with Crippen molar-refractivity contribution in [2.75, 3.05) is 40.4 Å². The third kappa shape index (κ3) is 8.19. The molecule has 0 radical (unpaired) electrons. The van der Waals surface area contributed by atoms with Crippen LogP contribution in [0.5, 0.6) is 0 Å². The van der Waals surface area contributed by atoms with Crippen LogP contribution in [0, 0.1) is 53.3 Å². The van der Waals surface area contributed by atoms with Crippen molar-refractivity contribution in [3.8, 4) is 0 Å². The Balaban J connectivity index is 1.26. The van der Waals surface area contributed by atoms with Gasteiger partial charge in [0, 0.05) is 63.6 Å². The van der Waals surface area contributed by atoms with Crippen molar-refractivity contribution in [3.05, 3.63) is 12.2 Å². The molecule has 57 heavy (non-hydrogen) atoms. The van der Waals surface area contributed by atoms with E-state index >= 15 is 0 Å². The van der Waals surface area contributed by atoms with E-state index in [0.29, 0.717) is 32.2 Å². The van der Waals surface area contributed by atoms with Gasteiger partial charge in [0.2, 0.25) is 0 Å². The molecule has 0 bridgehead atoms. The molecule has 18 heteroatoms. The smallest absolute Gasteiger partial charge is 0.253 e. The van der Waals surface area contributed by atoms with Crippen LogP contribution in [0.3, 0.4) is 0 Å². The topological polar surface area (TPSA) is 289 Å². The molecule has 6 aliphatic rings. The third-order valence-electron chi connectivity index (χ3n) is 14.2. The molecule has 0 spiro atoms. The number of hydrogen-bond acceptors (Lipinski definition) is 15. The summed E-state index contributed by atoms with van der Waals surface area (Å²) in [6.07, 6.45) is -6.14. The highest BCUT2D eigenvalue weighted by molar-refractivity contribution is 6.12. The number of ether oxygens (including phenoxy) is 3. The second-order valence-electron chi connectivity index (χ2n) is 17.1. The highest BCUT2D eigenvalue weighted by Gasteiger charge is 2.63. The molecule has 18 atom stereocenters. The van der Waals surface area contributed by atoms with Gasteiger partial charge in [0.15, 0.2) is 12.2 Å². The minimum Gasteiger partial charge on any atom is -0.394 e. The standard InChI is InChI=1S/C39H62N6O12/c1-5-20-23(55-4)12-24(31-29(20)32(49)21-10-17(2)22(14-44-38(41)42-3)33(50)30(21)34(31)51)56-37-35(52)36(53)39(54,25(16-46)57-37)13-19(18-8-9-43-26(40)11-18)15-45-27(47)6-7-28(45)48/h6-7,17-26,29-31,33,35-37,43,46,50,52-54H,5,8-16,40H2,1-4H3,(H3,41,42,44). The molecule has 0 aromatic heterocycles. The number of nitrogens with zero attached hydrogens (tertiary/aromatic N) is 2. The Labute approximate surface area is 332 Å². The van der Waals surface area contributed by atoms with Gasteiger partial charge in [-0.15, -0.1) is 0 Å². The predicted octanol–water partition coefficient (Wildman–Crippen LogP) is -2.63. The molecular weight excluding hydrogens is 744 g/mol. The molecule has 320 valence electrons. The zero-order valence-electron chi connectivity index (χ0n) is 33.2. The van der Waals surface area contributed by atoms with Crippen LogP contribution >= 0.6 is 0 Å². The van der Waals surface area contributed by atoms with Gasteiger partial charge in [0.25, 0.3) is 11.8 Å². The van der Waals surface area contributed by atoms with E-state index in [2.05, 4.69) is 15.6 Å². The number of nitrogens with one attached hydrogen (secondary N) is 2. The summed E-state index contributed by atoms with van der Waals surface area (Å²) in [5.74, 6) is -6.67. The Morgan fingerprint density at radius 3 is 2.37 bits per heavy atom. The summed E-state index contributed by atoms with van der Waals surface area (Å²) < 4.78 is 18.4. The molecule has 3 saturated carbocycles. The molecular formula is C39H62N6O12.